The maximum Gasteiger partial charge on any atom is 0.421 e. The summed E-state index contributed by atoms with van der Waals surface area (Å²) in [6, 6.07) is 0. The molecule has 1 aliphatic carbocycles. The maximum absolute atomic E-state index is 12.1. The third-order valence-electron chi connectivity index (χ3n) is 4.20. The van der Waals surface area contributed by atoms with E-state index in [0.29, 0.717) is 6.54 Å². The minimum absolute atomic E-state index is 0.324. The van der Waals surface area contributed by atoms with Crippen molar-refractivity contribution in [1.82, 2.24) is 9.80 Å². The van der Waals surface area contributed by atoms with Crippen molar-refractivity contribution in [2.75, 3.05) is 20.6 Å². The first-order valence-electron chi connectivity index (χ1n) is 7.31. The lowest BCUT2D eigenvalue weighted by atomic mass is 9.95. The Kier molecular flexibility index (Phi) is 4.52. The second-order valence-corrected chi connectivity index (χ2v) is 6.00. The Bertz CT molecular complexity index is 375. The molecule has 1 heterocycles. The van der Waals surface area contributed by atoms with E-state index in [4.69, 9.17) is 9.47 Å². The average Bonchev–Trinajstić information content (AvgIpc) is 2.56. The predicted octanol–water partition coefficient (Wildman–Crippen LogP) is 2.58. The van der Waals surface area contributed by atoms with Gasteiger partial charge in [0.1, 0.15) is 5.60 Å². The molecule has 1 saturated heterocycles. The van der Waals surface area contributed by atoms with Gasteiger partial charge in [-0.3, -0.25) is 4.90 Å². The van der Waals surface area contributed by atoms with Crippen molar-refractivity contribution in [2.24, 2.45) is 0 Å². The van der Waals surface area contributed by atoms with E-state index in [0.717, 1.165) is 30.6 Å². The molecule has 0 aromatic carbocycles. The lowest BCUT2D eigenvalue weighted by Gasteiger charge is -2.25. The summed E-state index contributed by atoms with van der Waals surface area (Å²) < 4.78 is 10.8. The zero-order valence-electron chi connectivity index (χ0n) is 12.6. The van der Waals surface area contributed by atoms with Crippen LogP contribution < -0.4 is 0 Å². The van der Waals surface area contributed by atoms with Crippen LogP contribution >= 0.6 is 0 Å². The highest BCUT2D eigenvalue weighted by atomic mass is 16.6. The van der Waals surface area contributed by atoms with Gasteiger partial charge in [0.15, 0.2) is 6.23 Å². The van der Waals surface area contributed by atoms with Gasteiger partial charge in [-0.2, -0.15) is 0 Å². The standard InChI is InChI=1S/C14H24N2O4/c1-11(15(2)3)19-12(17)16-10-14(20-13(16)18)8-6-4-5-7-9-14/h11H,4-10H2,1-3H3. The molecule has 114 valence electrons. The number of hydrogen-bond acceptors (Lipinski definition) is 5. The van der Waals surface area contributed by atoms with Crippen LogP contribution in [0.3, 0.4) is 0 Å². The van der Waals surface area contributed by atoms with Gasteiger partial charge in [0.05, 0.1) is 6.54 Å². The summed E-state index contributed by atoms with van der Waals surface area (Å²) in [5, 5.41) is 0. The van der Waals surface area contributed by atoms with E-state index in [1.54, 1.807) is 11.8 Å². The lowest BCUT2D eigenvalue weighted by molar-refractivity contribution is 0.0129. The largest absolute Gasteiger partial charge is 0.440 e. The summed E-state index contributed by atoms with van der Waals surface area (Å²) in [4.78, 5) is 26.9. The van der Waals surface area contributed by atoms with E-state index in [1.807, 2.05) is 14.1 Å². The first-order valence-corrected chi connectivity index (χ1v) is 7.31. The van der Waals surface area contributed by atoms with Crippen molar-refractivity contribution < 1.29 is 19.1 Å². The topological polar surface area (TPSA) is 59.1 Å². The van der Waals surface area contributed by atoms with Gasteiger partial charge in [-0.25, -0.2) is 14.5 Å². The number of carbonyl (C=O) groups is 2. The van der Waals surface area contributed by atoms with E-state index in [9.17, 15) is 9.59 Å². The molecule has 1 unspecified atom stereocenters. The van der Waals surface area contributed by atoms with Gasteiger partial charge in [0, 0.05) is 0 Å². The molecule has 1 spiro atoms. The highest BCUT2D eigenvalue weighted by Crippen LogP contribution is 2.36. The van der Waals surface area contributed by atoms with Gasteiger partial charge >= 0.3 is 12.2 Å². The van der Waals surface area contributed by atoms with Crippen molar-refractivity contribution in [3.05, 3.63) is 0 Å². The smallest absolute Gasteiger partial charge is 0.421 e. The number of ether oxygens (including phenoxy) is 2. The van der Waals surface area contributed by atoms with Gasteiger partial charge < -0.3 is 9.47 Å². The number of hydrogen-bond donors (Lipinski definition) is 0. The highest BCUT2D eigenvalue weighted by Gasteiger charge is 2.48. The lowest BCUT2D eigenvalue weighted by Crippen LogP contribution is -2.40. The number of amides is 2. The van der Waals surface area contributed by atoms with Crippen LogP contribution in [-0.4, -0.2) is 54.5 Å². The Morgan fingerprint density at radius 2 is 1.90 bits per heavy atom. The van der Waals surface area contributed by atoms with E-state index >= 15 is 0 Å². The maximum atomic E-state index is 12.1. The van der Waals surface area contributed by atoms with Crippen LogP contribution in [0.2, 0.25) is 0 Å². The summed E-state index contributed by atoms with van der Waals surface area (Å²) in [6.07, 6.45) is 4.55. The van der Waals surface area contributed by atoms with Crippen molar-refractivity contribution in [2.45, 2.75) is 57.3 Å². The molecule has 0 N–H and O–H groups in total. The molecule has 2 amide bonds. The van der Waals surface area contributed by atoms with E-state index in [-0.39, 0.29) is 6.23 Å². The minimum atomic E-state index is -0.614. The predicted molar refractivity (Wildman–Crippen MR) is 73.3 cm³/mol. The van der Waals surface area contributed by atoms with E-state index in [2.05, 4.69) is 0 Å². The quantitative estimate of drug-likeness (QED) is 0.729. The molecule has 0 radical (unpaired) electrons. The minimum Gasteiger partial charge on any atom is -0.440 e. The van der Waals surface area contributed by atoms with Crippen molar-refractivity contribution in [3.63, 3.8) is 0 Å². The van der Waals surface area contributed by atoms with E-state index in [1.165, 1.54) is 12.8 Å². The zero-order valence-corrected chi connectivity index (χ0v) is 12.6. The normalized spacial score (nSPS) is 23.6. The molecular weight excluding hydrogens is 260 g/mol. The molecule has 2 fully saturated rings. The first kappa shape index (κ1) is 15.1. The molecule has 0 aromatic rings. The Balaban J connectivity index is 1.99. The fourth-order valence-corrected chi connectivity index (χ4v) is 2.71. The summed E-state index contributed by atoms with van der Waals surface area (Å²) in [6.45, 7) is 2.09. The molecule has 1 saturated carbocycles. The zero-order chi connectivity index (χ0) is 14.8. The summed E-state index contributed by atoms with van der Waals surface area (Å²) in [5.74, 6) is 0. The van der Waals surface area contributed by atoms with Crippen LogP contribution in [0.1, 0.15) is 45.4 Å². The number of nitrogens with zero attached hydrogens (tertiary/aromatic N) is 2. The number of imide groups is 1. The number of rotatable bonds is 2. The molecule has 1 atom stereocenters. The van der Waals surface area contributed by atoms with Gasteiger partial charge in [-0.05, 0) is 46.7 Å². The Morgan fingerprint density at radius 1 is 1.30 bits per heavy atom. The Morgan fingerprint density at radius 3 is 2.45 bits per heavy atom. The molecule has 2 rings (SSSR count). The van der Waals surface area contributed by atoms with Gasteiger partial charge in [0.25, 0.3) is 0 Å². The summed E-state index contributed by atoms with van der Waals surface area (Å²) in [7, 11) is 3.63. The fourth-order valence-electron chi connectivity index (χ4n) is 2.71. The molecule has 0 aromatic heterocycles. The molecule has 2 aliphatic rings. The van der Waals surface area contributed by atoms with Crippen molar-refractivity contribution in [1.29, 1.82) is 0 Å². The van der Waals surface area contributed by atoms with Gasteiger partial charge in [-0.15, -0.1) is 0 Å². The third kappa shape index (κ3) is 3.23. The molecular formula is C14H24N2O4. The molecule has 20 heavy (non-hydrogen) atoms. The first-order chi connectivity index (χ1) is 9.43. The monoisotopic (exact) mass is 284 g/mol. The molecule has 6 heteroatoms. The van der Waals surface area contributed by atoms with Crippen LogP contribution in [0, 0.1) is 0 Å². The SMILES string of the molecule is CC(OC(=O)N1CC2(CCCCCC2)OC1=O)N(C)C. The van der Waals surface area contributed by atoms with E-state index < -0.39 is 17.8 Å². The van der Waals surface area contributed by atoms with Gasteiger partial charge in [0.2, 0.25) is 0 Å². The van der Waals surface area contributed by atoms with Crippen LogP contribution in [0.15, 0.2) is 0 Å². The summed E-state index contributed by atoms with van der Waals surface area (Å²) in [5.41, 5.74) is -0.478. The molecule has 0 bridgehead atoms. The van der Waals surface area contributed by atoms with Crippen LogP contribution in [0.5, 0.6) is 0 Å². The fraction of sp³-hybridized carbons (Fsp3) is 0.857. The van der Waals surface area contributed by atoms with Gasteiger partial charge in [-0.1, -0.05) is 12.8 Å². The second-order valence-electron chi connectivity index (χ2n) is 6.00. The van der Waals surface area contributed by atoms with Crippen molar-refractivity contribution in [3.8, 4) is 0 Å². The molecule has 6 nitrogen and oxygen atoms in total. The average molecular weight is 284 g/mol. The molecule has 1 aliphatic heterocycles. The van der Waals surface area contributed by atoms with Crippen molar-refractivity contribution >= 4 is 12.2 Å². The summed E-state index contributed by atoms with van der Waals surface area (Å²) >= 11 is 0. The highest BCUT2D eigenvalue weighted by molar-refractivity contribution is 5.89. The number of carbonyl (C=O) groups excluding carboxylic acids is 2. The van der Waals surface area contributed by atoms with Crippen LogP contribution in [-0.2, 0) is 9.47 Å². The second kappa shape index (κ2) is 5.99. The van der Waals surface area contributed by atoms with Crippen LogP contribution in [0.4, 0.5) is 9.59 Å². The third-order valence-corrected chi connectivity index (χ3v) is 4.20. The Hall–Kier alpha value is -1.30. The Labute approximate surface area is 120 Å². The van der Waals surface area contributed by atoms with Crippen LogP contribution in [0.25, 0.3) is 0 Å².